The molecule has 0 aliphatic heterocycles. The molecule has 0 bridgehead atoms. The second-order valence-corrected chi connectivity index (χ2v) is 3.37. The van der Waals surface area contributed by atoms with Gasteiger partial charge in [0.2, 0.25) is 0 Å². The lowest BCUT2D eigenvalue weighted by Crippen LogP contribution is -2.37. The zero-order chi connectivity index (χ0) is 11.4. The molecule has 90 valence electrons. The molecule has 5 nitrogen and oxygen atoms in total. The number of hydrogen-bond acceptors (Lipinski definition) is 3. The minimum absolute atomic E-state index is 0.261. The van der Waals surface area contributed by atoms with Gasteiger partial charge in [0.1, 0.15) is 0 Å². The molecule has 0 rings (SSSR count). The molecule has 0 aliphatic carbocycles. The minimum Gasteiger partial charge on any atom is -0.336 e. The Morgan fingerprint density at radius 3 is 2.67 bits per heavy atom. The molecule has 0 aromatic heterocycles. The van der Waals surface area contributed by atoms with Gasteiger partial charge in [-0.3, -0.25) is 4.84 Å². The van der Waals surface area contributed by atoms with Crippen molar-refractivity contribution in [2.45, 2.75) is 32.6 Å². The summed E-state index contributed by atoms with van der Waals surface area (Å²) in [5.41, 5.74) is 2.32. The van der Waals surface area contributed by atoms with Crippen LogP contribution in [0, 0.1) is 0 Å². The number of urea groups is 1. The van der Waals surface area contributed by atoms with Gasteiger partial charge in [-0.05, 0) is 13.5 Å². The van der Waals surface area contributed by atoms with Crippen molar-refractivity contribution in [3.05, 3.63) is 0 Å². The maximum atomic E-state index is 11.1. The first-order valence-electron chi connectivity index (χ1n) is 5.61. The monoisotopic (exact) mass is 217 g/mol. The van der Waals surface area contributed by atoms with Crippen molar-refractivity contribution in [1.29, 1.82) is 0 Å². The predicted molar refractivity (Wildman–Crippen MR) is 60.6 cm³/mol. The Morgan fingerprint density at radius 1 is 1.20 bits per heavy atom. The van der Waals surface area contributed by atoms with Gasteiger partial charge in [-0.1, -0.05) is 26.2 Å². The largest absolute Gasteiger partial charge is 0.338 e. The summed E-state index contributed by atoms with van der Waals surface area (Å²) in [6.45, 7) is 4.06. The molecule has 0 radical (unpaired) electrons. The lowest BCUT2D eigenvalue weighted by molar-refractivity contribution is 0.0639. The molecule has 0 aliphatic rings. The number of hydrogen-bond donors (Lipinski definition) is 3. The minimum atomic E-state index is -0.261. The quantitative estimate of drug-likeness (QED) is 0.399. The highest BCUT2D eigenvalue weighted by atomic mass is 16.7. The summed E-state index contributed by atoms with van der Waals surface area (Å²) in [6.07, 6.45) is 4.62. The number of nitrogens with one attached hydrogen (secondary N) is 3. The van der Waals surface area contributed by atoms with E-state index in [0.717, 1.165) is 19.4 Å². The van der Waals surface area contributed by atoms with Crippen LogP contribution in [0.15, 0.2) is 0 Å². The molecule has 0 fully saturated rings. The zero-order valence-electron chi connectivity index (χ0n) is 9.77. The third-order valence-electron chi connectivity index (χ3n) is 1.93. The van der Waals surface area contributed by atoms with Gasteiger partial charge in [-0.25, -0.2) is 10.3 Å². The van der Waals surface area contributed by atoms with E-state index >= 15 is 0 Å². The van der Waals surface area contributed by atoms with E-state index in [1.165, 1.54) is 12.8 Å². The van der Waals surface area contributed by atoms with Crippen LogP contribution in [0.3, 0.4) is 0 Å². The van der Waals surface area contributed by atoms with Crippen LogP contribution in [0.4, 0.5) is 4.79 Å². The Balaban J connectivity index is 3.11. The average molecular weight is 217 g/mol. The van der Waals surface area contributed by atoms with Crippen molar-refractivity contribution >= 4 is 6.03 Å². The van der Waals surface area contributed by atoms with Crippen LogP contribution in [0.5, 0.6) is 0 Å². The van der Waals surface area contributed by atoms with E-state index < -0.39 is 0 Å². The molecule has 0 aromatic rings. The van der Waals surface area contributed by atoms with Crippen molar-refractivity contribution < 1.29 is 9.63 Å². The van der Waals surface area contributed by atoms with Gasteiger partial charge in [-0.2, -0.15) is 0 Å². The molecule has 5 heteroatoms. The molecule has 0 atom stereocenters. The van der Waals surface area contributed by atoms with Gasteiger partial charge in [0.25, 0.3) is 0 Å². The second-order valence-electron chi connectivity index (χ2n) is 3.37. The maximum Gasteiger partial charge on any atom is 0.338 e. The van der Waals surface area contributed by atoms with Gasteiger partial charge in [-0.15, -0.1) is 0 Å². The molecule has 0 heterocycles. The van der Waals surface area contributed by atoms with Gasteiger partial charge >= 0.3 is 6.03 Å². The summed E-state index contributed by atoms with van der Waals surface area (Å²) in [6, 6.07) is -0.261. The molecule has 0 unspecified atom stereocenters. The van der Waals surface area contributed by atoms with Gasteiger partial charge in [0, 0.05) is 13.1 Å². The number of rotatable bonds is 9. The first-order chi connectivity index (χ1) is 7.31. The Bertz CT molecular complexity index is 154. The predicted octanol–water partition coefficient (Wildman–Crippen LogP) is 1.02. The van der Waals surface area contributed by atoms with Crippen LogP contribution in [0.1, 0.15) is 32.6 Å². The van der Waals surface area contributed by atoms with E-state index in [0.29, 0.717) is 13.2 Å². The van der Waals surface area contributed by atoms with Crippen LogP contribution in [-0.4, -0.2) is 32.8 Å². The summed E-state index contributed by atoms with van der Waals surface area (Å²) < 4.78 is 0. The normalized spacial score (nSPS) is 10.0. The smallest absolute Gasteiger partial charge is 0.336 e. The van der Waals surface area contributed by atoms with E-state index in [9.17, 15) is 4.79 Å². The average Bonchev–Trinajstić information content (AvgIpc) is 2.24. The fourth-order valence-corrected chi connectivity index (χ4v) is 1.06. The van der Waals surface area contributed by atoms with Crippen molar-refractivity contribution in [3.63, 3.8) is 0 Å². The summed E-state index contributed by atoms with van der Waals surface area (Å²) in [4.78, 5) is 16.0. The Labute approximate surface area is 91.9 Å². The van der Waals surface area contributed by atoms with Crippen molar-refractivity contribution in [2.75, 3.05) is 26.7 Å². The van der Waals surface area contributed by atoms with Crippen molar-refractivity contribution in [3.8, 4) is 0 Å². The topological polar surface area (TPSA) is 62.4 Å². The summed E-state index contributed by atoms with van der Waals surface area (Å²) in [5.74, 6) is 0. The van der Waals surface area contributed by atoms with E-state index in [2.05, 4.69) is 23.0 Å². The maximum absolute atomic E-state index is 11.1. The Hall–Kier alpha value is -0.810. The number of hydroxylamine groups is 1. The summed E-state index contributed by atoms with van der Waals surface area (Å²) in [5, 5.41) is 5.63. The molecule has 3 N–H and O–H groups in total. The molecule has 0 saturated heterocycles. The number of carbonyl (C=O) groups excluding carboxylic acids is 1. The number of amides is 2. The molecule has 0 saturated carbocycles. The van der Waals surface area contributed by atoms with Gasteiger partial charge in [0.05, 0.1) is 6.61 Å². The van der Waals surface area contributed by atoms with E-state index in [1.807, 2.05) is 7.05 Å². The highest BCUT2D eigenvalue weighted by Gasteiger charge is 1.97. The van der Waals surface area contributed by atoms with Crippen LogP contribution < -0.4 is 16.1 Å². The Kier molecular flexibility index (Phi) is 10.7. The standard InChI is InChI=1S/C10H23N3O2/c1-3-4-5-6-7-12-10(14)13-15-9-8-11-2/h11H,3-9H2,1-2H3,(H2,12,13,14). The van der Waals surface area contributed by atoms with Crippen LogP contribution in [0.25, 0.3) is 0 Å². The van der Waals surface area contributed by atoms with Gasteiger partial charge < -0.3 is 10.6 Å². The van der Waals surface area contributed by atoms with E-state index in [1.54, 1.807) is 0 Å². The summed E-state index contributed by atoms with van der Waals surface area (Å²) >= 11 is 0. The van der Waals surface area contributed by atoms with E-state index in [4.69, 9.17) is 4.84 Å². The molecule has 0 aromatic carbocycles. The van der Waals surface area contributed by atoms with E-state index in [-0.39, 0.29) is 6.03 Å². The SMILES string of the molecule is CCCCCCNC(=O)NOCCNC. The molecule has 15 heavy (non-hydrogen) atoms. The van der Waals surface area contributed by atoms with Gasteiger partial charge in [0.15, 0.2) is 0 Å². The lowest BCUT2D eigenvalue weighted by Gasteiger charge is -2.07. The second kappa shape index (κ2) is 11.3. The van der Waals surface area contributed by atoms with Crippen molar-refractivity contribution in [2.24, 2.45) is 0 Å². The van der Waals surface area contributed by atoms with Crippen molar-refractivity contribution in [1.82, 2.24) is 16.1 Å². The number of unbranched alkanes of at least 4 members (excludes halogenated alkanes) is 3. The first kappa shape index (κ1) is 14.2. The fraction of sp³-hybridized carbons (Fsp3) is 0.900. The van der Waals surface area contributed by atoms with Crippen LogP contribution >= 0.6 is 0 Å². The highest BCUT2D eigenvalue weighted by Crippen LogP contribution is 1.96. The molecular weight excluding hydrogens is 194 g/mol. The van der Waals surface area contributed by atoms with Crippen LogP contribution in [-0.2, 0) is 4.84 Å². The fourth-order valence-electron chi connectivity index (χ4n) is 1.06. The highest BCUT2D eigenvalue weighted by molar-refractivity contribution is 5.72. The molecule has 0 spiro atoms. The zero-order valence-corrected chi connectivity index (χ0v) is 9.77. The third-order valence-corrected chi connectivity index (χ3v) is 1.93. The van der Waals surface area contributed by atoms with Crippen LogP contribution in [0.2, 0.25) is 0 Å². The molecular formula is C10H23N3O2. The molecule has 2 amide bonds. The lowest BCUT2D eigenvalue weighted by atomic mass is 10.2. The Morgan fingerprint density at radius 2 is 2.00 bits per heavy atom. The number of carbonyl (C=O) groups is 1. The summed E-state index contributed by atoms with van der Waals surface area (Å²) in [7, 11) is 1.83. The third kappa shape index (κ3) is 11.1. The first-order valence-corrected chi connectivity index (χ1v) is 5.61. The number of likely N-dealkylation sites (N-methyl/N-ethyl adjacent to an activating group) is 1.